The van der Waals surface area contributed by atoms with Gasteiger partial charge in [0.25, 0.3) is 0 Å². The number of hydrogen-bond donors (Lipinski definition) is 0. The molecule has 0 aromatic heterocycles. The molecular weight excluding hydrogens is 528 g/mol. The van der Waals surface area contributed by atoms with Crippen molar-refractivity contribution in [2.45, 2.75) is 65.3 Å². The number of carbonyl (C=O) groups is 5. The molecule has 2 rings (SSSR count). The lowest BCUT2D eigenvalue weighted by molar-refractivity contribution is -0.299. The molecule has 5 atom stereocenters. The molecule has 0 radical (unpaired) electrons. The van der Waals surface area contributed by atoms with Gasteiger partial charge in [0, 0.05) is 32.7 Å². The lowest BCUT2D eigenvalue weighted by Crippen LogP contribution is -2.63. The van der Waals surface area contributed by atoms with Crippen molar-refractivity contribution in [3.63, 3.8) is 0 Å². The lowest BCUT2D eigenvalue weighted by atomic mass is 9.98. The molecule has 0 saturated carbocycles. The van der Waals surface area contributed by atoms with E-state index in [1.807, 2.05) is 0 Å². The van der Waals surface area contributed by atoms with Gasteiger partial charge in [-0.25, -0.2) is 4.79 Å². The minimum Gasteiger partial charge on any atom is -0.463 e. The smallest absolute Gasteiger partial charge is 0.373 e. The zero-order valence-electron chi connectivity index (χ0n) is 21.5. The molecule has 1 aromatic rings. The van der Waals surface area contributed by atoms with Crippen molar-refractivity contribution in [2.75, 3.05) is 13.2 Å². The van der Waals surface area contributed by atoms with Crippen LogP contribution < -0.4 is 0 Å². The molecule has 0 spiro atoms. The van der Waals surface area contributed by atoms with Gasteiger partial charge >= 0.3 is 29.8 Å². The van der Waals surface area contributed by atoms with E-state index in [-0.39, 0.29) is 12.4 Å². The predicted octanol–water partition coefficient (Wildman–Crippen LogP) is 2.34. The fraction of sp³-hybridized carbons (Fsp3) is 0.480. The molecule has 13 heteroatoms. The van der Waals surface area contributed by atoms with Crippen LogP contribution in [-0.4, -0.2) is 73.8 Å². The van der Waals surface area contributed by atoms with Gasteiger partial charge in [-0.3, -0.25) is 19.2 Å². The molecule has 208 valence electrons. The Bertz CT molecular complexity index is 1050. The first-order chi connectivity index (χ1) is 17.9. The summed E-state index contributed by atoms with van der Waals surface area (Å²) in [7, 11) is 0. The van der Waals surface area contributed by atoms with E-state index in [0.29, 0.717) is 10.6 Å². The van der Waals surface area contributed by atoms with E-state index in [1.165, 1.54) is 6.08 Å². The Hall–Kier alpha value is -3.64. The quantitative estimate of drug-likeness (QED) is 0.180. The molecule has 0 N–H and O–H groups in total. The third kappa shape index (κ3) is 9.34. The van der Waals surface area contributed by atoms with E-state index >= 15 is 0 Å². The Morgan fingerprint density at radius 2 is 1.34 bits per heavy atom. The average Bonchev–Trinajstić information content (AvgIpc) is 2.81. The molecule has 1 fully saturated rings. The van der Waals surface area contributed by atoms with Crippen LogP contribution in [0.1, 0.15) is 40.2 Å². The summed E-state index contributed by atoms with van der Waals surface area (Å²) in [6, 6.07) is 6.39. The highest BCUT2D eigenvalue weighted by Gasteiger charge is 2.53. The average molecular weight is 557 g/mol. The Kier molecular flexibility index (Phi) is 11.5. The van der Waals surface area contributed by atoms with Crippen LogP contribution >= 0.6 is 11.6 Å². The third-order valence-corrected chi connectivity index (χ3v) is 5.09. The molecule has 1 aliphatic heterocycles. The normalized spacial score (nSPS) is 23.0. The van der Waals surface area contributed by atoms with Gasteiger partial charge in [-0.2, -0.15) is 0 Å². The minimum atomic E-state index is -1.60. The van der Waals surface area contributed by atoms with Crippen molar-refractivity contribution in [2.24, 2.45) is 0 Å². The summed E-state index contributed by atoms with van der Waals surface area (Å²) in [4.78, 5) is 60.1. The monoisotopic (exact) mass is 556 g/mol. The van der Waals surface area contributed by atoms with Crippen molar-refractivity contribution in [1.29, 1.82) is 0 Å². The fourth-order valence-electron chi connectivity index (χ4n) is 3.46. The number of benzene rings is 1. The molecule has 0 amide bonds. The van der Waals surface area contributed by atoms with Crippen LogP contribution in [0.5, 0.6) is 0 Å². The van der Waals surface area contributed by atoms with Crippen molar-refractivity contribution in [3.05, 3.63) is 40.6 Å². The molecule has 1 heterocycles. The van der Waals surface area contributed by atoms with E-state index in [9.17, 15) is 24.0 Å². The van der Waals surface area contributed by atoms with Crippen LogP contribution in [0.2, 0.25) is 5.02 Å². The molecule has 0 aliphatic carbocycles. The van der Waals surface area contributed by atoms with Gasteiger partial charge in [0.1, 0.15) is 12.7 Å². The van der Waals surface area contributed by atoms with Gasteiger partial charge in [0.05, 0.1) is 6.61 Å². The number of halogens is 1. The second-order valence-corrected chi connectivity index (χ2v) is 8.40. The summed E-state index contributed by atoms with van der Waals surface area (Å²) in [5.74, 6) is -4.30. The predicted molar refractivity (Wildman–Crippen MR) is 129 cm³/mol. The lowest BCUT2D eigenvalue weighted by Gasteiger charge is -2.43. The van der Waals surface area contributed by atoms with E-state index in [2.05, 4.69) is 0 Å². The zero-order chi connectivity index (χ0) is 28.4. The first-order valence-electron chi connectivity index (χ1n) is 11.5. The van der Waals surface area contributed by atoms with Crippen LogP contribution in [0.3, 0.4) is 0 Å². The van der Waals surface area contributed by atoms with Crippen molar-refractivity contribution in [1.82, 2.24) is 0 Å². The van der Waals surface area contributed by atoms with Gasteiger partial charge in [0.15, 0.2) is 12.2 Å². The highest BCUT2D eigenvalue weighted by molar-refractivity contribution is 6.30. The summed E-state index contributed by atoms with van der Waals surface area (Å²) in [5, 5.41) is 0.459. The molecule has 0 bridgehead atoms. The number of hydrogen-bond acceptors (Lipinski definition) is 12. The van der Waals surface area contributed by atoms with Crippen LogP contribution in [0.15, 0.2) is 30.0 Å². The number of rotatable bonds is 10. The van der Waals surface area contributed by atoms with Crippen LogP contribution in [-0.2, 0) is 57.1 Å². The van der Waals surface area contributed by atoms with Gasteiger partial charge in [0.2, 0.25) is 18.2 Å². The van der Waals surface area contributed by atoms with E-state index in [0.717, 1.165) is 27.7 Å². The number of esters is 5. The molecule has 1 aromatic carbocycles. The van der Waals surface area contributed by atoms with E-state index in [1.54, 1.807) is 31.2 Å². The largest absolute Gasteiger partial charge is 0.463 e. The second kappa shape index (κ2) is 14.3. The molecule has 12 nitrogen and oxygen atoms in total. The Balaban J connectivity index is 2.56. The maximum Gasteiger partial charge on any atom is 0.373 e. The van der Waals surface area contributed by atoms with Crippen LogP contribution in [0.4, 0.5) is 0 Å². The molecule has 5 unspecified atom stereocenters. The van der Waals surface area contributed by atoms with E-state index < -0.39 is 67.2 Å². The maximum atomic E-state index is 12.8. The first-order valence-corrected chi connectivity index (χ1v) is 11.9. The van der Waals surface area contributed by atoms with Crippen LogP contribution in [0.25, 0.3) is 6.08 Å². The third-order valence-electron chi connectivity index (χ3n) is 4.84. The second-order valence-electron chi connectivity index (χ2n) is 7.97. The topological polar surface area (TPSA) is 150 Å². The first kappa shape index (κ1) is 30.6. The van der Waals surface area contributed by atoms with Crippen molar-refractivity contribution >= 4 is 47.5 Å². The summed E-state index contributed by atoms with van der Waals surface area (Å²) in [5.41, 5.74) is 0.503. The van der Waals surface area contributed by atoms with Crippen molar-refractivity contribution in [3.8, 4) is 0 Å². The highest BCUT2D eigenvalue weighted by Crippen LogP contribution is 2.31. The van der Waals surface area contributed by atoms with Crippen molar-refractivity contribution < 1.29 is 57.1 Å². The molecule has 1 saturated heterocycles. The van der Waals surface area contributed by atoms with Crippen LogP contribution in [0, 0.1) is 0 Å². The SMILES string of the molecule is CCOC(=O)C(=Cc1ccc(Cl)cc1)OC1OC(COC(C)=O)C(OC(C)=O)C(OC(C)=O)C1OC(C)=O. The van der Waals surface area contributed by atoms with Gasteiger partial charge in [-0.05, 0) is 30.7 Å². The Morgan fingerprint density at radius 1 is 0.789 bits per heavy atom. The standard InChI is InChI=1S/C25H29ClO12/c1-6-32-24(31)19(11-17-7-9-18(26)10-8-17)37-25-23(36-16(5)30)22(35-15(4)29)21(34-14(3)28)20(38-25)12-33-13(2)27/h7-11,20-23,25H,6,12H2,1-5H3. The molecule has 38 heavy (non-hydrogen) atoms. The van der Waals surface area contributed by atoms with Gasteiger partial charge < -0.3 is 33.2 Å². The zero-order valence-corrected chi connectivity index (χ0v) is 22.2. The van der Waals surface area contributed by atoms with Gasteiger partial charge in [-0.15, -0.1) is 0 Å². The summed E-state index contributed by atoms with van der Waals surface area (Å²) in [6.07, 6.45) is -5.86. The fourth-order valence-corrected chi connectivity index (χ4v) is 3.59. The Labute approximate surface area is 224 Å². The Morgan fingerprint density at radius 3 is 1.87 bits per heavy atom. The molecular formula is C25H29ClO12. The number of carbonyl (C=O) groups excluding carboxylic acids is 5. The maximum absolute atomic E-state index is 12.8. The summed E-state index contributed by atoms with van der Waals surface area (Å²) >= 11 is 5.93. The summed E-state index contributed by atoms with van der Waals surface area (Å²) in [6.45, 7) is 5.58. The number of ether oxygens (including phenoxy) is 7. The summed E-state index contributed by atoms with van der Waals surface area (Å²) < 4.78 is 37.8. The molecule has 1 aliphatic rings. The minimum absolute atomic E-state index is 0.0126. The van der Waals surface area contributed by atoms with Gasteiger partial charge in [-0.1, -0.05) is 23.7 Å². The highest BCUT2D eigenvalue weighted by atomic mass is 35.5. The van der Waals surface area contributed by atoms with E-state index in [4.69, 9.17) is 44.8 Å².